The van der Waals surface area contributed by atoms with Crippen LogP contribution in [0.5, 0.6) is 0 Å². The van der Waals surface area contributed by atoms with E-state index in [1.165, 1.54) is 34.2 Å². The van der Waals surface area contributed by atoms with E-state index in [9.17, 15) is 18.0 Å². The van der Waals surface area contributed by atoms with Gasteiger partial charge in [-0.1, -0.05) is 36.4 Å². The van der Waals surface area contributed by atoms with Crippen molar-refractivity contribution in [3.63, 3.8) is 0 Å². The highest BCUT2D eigenvalue weighted by molar-refractivity contribution is 7.13. The second kappa shape index (κ2) is 7.56. The fraction of sp³-hybridized carbons (Fsp3) is 0.0476. The number of carbonyl (C=O) groups excluding carboxylic acids is 1. The third-order valence-electron chi connectivity index (χ3n) is 4.20. The number of hydrogen-bond donors (Lipinski definition) is 1. The molecule has 0 spiro atoms. The summed E-state index contributed by atoms with van der Waals surface area (Å²) < 4.78 is 41.2. The van der Waals surface area contributed by atoms with Crippen LogP contribution in [0, 0.1) is 0 Å². The van der Waals surface area contributed by atoms with E-state index in [-0.39, 0.29) is 11.4 Å². The van der Waals surface area contributed by atoms with E-state index in [4.69, 9.17) is 0 Å². The molecule has 0 bridgehead atoms. The van der Waals surface area contributed by atoms with E-state index in [0.29, 0.717) is 11.4 Å². The highest BCUT2D eigenvalue weighted by atomic mass is 32.1. The summed E-state index contributed by atoms with van der Waals surface area (Å²) >= 11 is 1.46. The average molecular weight is 413 g/mol. The first kappa shape index (κ1) is 18.9. The molecule has 8 heteroatoms. The van der Waals surface area contributed by atoms with Gasteiger partial charge in [-0.05, 0) is 41.8 Å². The van der Waals surface area contributed by atoms with Crippen molar-refractivity contribution in [2.45, 2.75) is 6.18 Å². The van der Waals surface area contributed by atoms with E-state index < -0.39 is 17.6 Å². The van der Waals surface area contributed by atoms with Gasteiger partial charge in [-0.25, -0.2) is 4.68 Å². The van der Waals surface area contributed by atoms with E-state index in [1.807, 2.05) is 23.6 Å². The molecule has 146 valence electrons. The molecular weight excluding hydrogens is 399 g/mol. The highest BCUT2D eigenvalue weighted by Crippen LogP contribution is 2.35. The Morgan fingerprint density at radius 2 is 1.69 bits per heavy atom. The Bertz CT molecular complexity index is 1140. The molecular formula is C21H14F3N3OS. The largest absolute Gasteiger partial charge is 0.418 e. The highest BCUT2D eigenvalue weighted by Gasteiger charge is 2.34. The summed E-state index contributed by atoms with van der Waals surface area (Å²) in [7, 11) is 0. The van der Waals surface area contributed by atoms with Crippen LogP contribution in [0.1, 0.15) is 16.1 Å². The van der Waals surface area contributed by atoms with Crippen LogP contribution in [0.2, 0.25) is 0 Å². The van der Waals surface area contributed by atoms with Gasteiger partial charge in [-0.15, -0.1) is 11.3 Å². The molecule has 0 fully saturated rings. The number of halogens is 3. The zero-order chi connectivity index (χ0) is 20.4. The van der Waals surface area contributed by atoms with Gasteiger partial charge in [0.2, 0.25) is 0 Å². The van der Waals surface area contributed by atoms with Crippen LogP contribution in [0.3, 0.4) is 0 Å². The zero-order valence-electron chi connectivity index (χ0n) is 14.9. The molecule has 1 N–H and O–H groups in total. The number of thiophene rings is 1. The van der Waals surface area contributed by atoms with E-state index in [1.54, 1.807) is 30.3 Å². The molecule has 0 saturated heterocycles. The lowest BCUT2D eigenvalue weighted by molar-refractivity contribution is -0.136. The van der Waals surface area contributed by atoms with Crippen molar-refractivity contribution in [3.8, 4) is 16.3 Å². The summed E-state index contributed by atoms with van der Waals surface area (Å²) in [6, 6.07) is 19.1. The number of para-hydroxylation sites is 2. The molecule has 0 saturated carbocycles. The Morgan fingerprint density at radius 3 is 2.38 bits per heavy atom. The van der Waals surface area contributed by atoms with Crippen LogP contribution in [0.15, 0.2) is 78.2 Å². The molecule has 1 amide bonds. The number of carbonyl (C=O) groups is 1. The van der Waals surface area contributed by atoms with Crippen LogP contribution in [0.4, 0.5) is 18.9 Å². The lowest BCUT2D eigenvalue weighted by Crippen LogP contribution is -2.19. The fourth-order valence-corrected chi connectivity index (χ4v) is 3.56. The molecule has 0 aliphatic heterocycles. The maximum absolute atomic E-state index is 13.3. The minimum Gasteiger partial charge on any atom is -0.320 e. The summed E-state index contributed by atoms with van der Waals surface area (Å²) in [6.45, 7) is 0. The number of hydrogen-bond acceptors (Lipinski definition) is 3. The Morgan fingerprint density at radius 1 is 0.966 bits per heavy atom. The lowest BCUT2D eigenvalue weighted by Gasteiger charge is -2.14. The summed E-state index contributed by atoms with van der Waals surface area (Å²) in [6.07, 6.45) is -4.58. The van der Waals surface area contributed by atoms with Crippen LogP contribution < -0.4 is 5.32 Å². The number of nitrogens with zero attached hydrogens (tertiary/aromatic N) is 2. The first-order valence-corrected chi connectivity index (χ1v) is 9.48. The minimum atomic E-state index is -4.58. The number of benzene rings is 2. The molecule has 29 heavy (non-hydrogen) atoms. The van der Waals surface area contributed by atoms with Crippen molar-refractivity contribution >= 4 is 22.9 Å². The van der Waals surface area contributed by atoms with Gasteiger partial charge < -0.3 is 5.32 Å². The van der Waals surface area contributed by atoms with Crippen molar-refractivity contribution in [1.82, 2.24) is 9.78 Å². The fourth-order valence-electron chi connectivity index (χ4n) is 2.88. The molecule has 0 atom stereocenters. The van der Waals surface area contributed by atoms with E-state index in [0.717, 1.165) is 10.9 Å². The predicted octanol–water partition coefficient (Wildman–Crippen LogP) is 5.87. The van der Waals surface area contributed by atoms with Gasteiger partial charge in [0, 0.05) is 0 Å². The Balaban J connectivity index is 1.76. The van der Waals surface area contributed by atoms with Crippen molar-refractivity contribution in [2.24, 2.45) is 0 Å². The molecule has 4 aromatic rings. The van der Waals surface area contributed by atoms with Gasteiger partial charge in [0.1, 0.15) is 11.4 Å². The van der Waals surface area contributed by atoms with E-state index >= 15 is 0 Å². The lowest BCUT2D eigenvalue weighted by atomic mass is 10.1. The van der Waals surface area contributed by atoms with Gasteiger partial charge >= 0.3 is 6.18 Å². The maximum Gasteiger partial charge on any atom is 0.418 e. The third kappa shape index (κ3) is 3.93. The monoisotopic (exact) mass is 413 g/mol. The van der Waals surface area contributed by atoms with E-state index in [2.05, 4.69) is 10.4 Å². The molecule has 0 aliphatic carbocycles. The van der Waals surface area contributed by atoms with Crippen LogP contribution in [-0.2, 0) is 6.18 Å². The van der Waals surface area contributed by atoms with Gasteiger partial charge in [-0.2, -0.15) is 18.3 Å². The maximum atomic E-state index is 13.3. The minimum absolute atomic E-state index is 0.136. The number of nitrogens with one attached hydrogen (secondary N) is 1. The molecule has 2 aromatic heterocycles. The Kier molecular flexibility index (Phi) is 4.94. The third-order valence-corrected chi connectivity index (χ3v) is 5.09. The summed E-state index contributed by atoms with van der Waals surface area (Å²) in [5.41, 5.74) is 0.125. The molecule has 0 radical (unpaired) electrons. The van der Waals surface area contributed by atoms with Crippen molar-refractivity contribution in [1.29, 1.82) is 0 Å². The number of amides is 1. The van der Waals surface area contributed by atoms with Crippen molar-refractivity contribution in [3.05, 3.63) is 89.4 Å². The number of rotatable bonds is 4. The molecule has 2 heterocycles. The van der Waals surface area contributed by atoms with Gasteiger partial charge in [0.25, 0.3) is 5.91 Å². The quantitative estimate of drug-likeness (QED) is 0.455. The summed E-state index contributed by atoms with van der Waals surface area (Å²) in [5.74, 6) is -0.680. The molecule has 2 aromatic carbocycles. The summed E-state index contributed by atoms with van der Waals surface area (Å²) in [5, 5.41) is 8.77. The smallest absolute Gasteiger partial charge is 0.320 e. The number of alkyl halides is 3. The molecule has 4 rings (SSSR count). The summed E-state index contributed by atoms with van der Waals surface area (Å²) in [4.78, 5) is 13.8. The first-order valence-electron chi connectivity index (χ1n) is 8.60. The second-order valence-electron chi connectivity index (χ2n) is 6.14. The normalized spacial score (nSPS) is 11.4. The molecule has 4 nitrogen and oxygen atoms in total. The molecule has 0 aliphatic rings. The standard InChI is InChI=1S/C21H14F3N3OS/c22-21(23,24)15-9-4-5-10-16(15)25-20(28)18-13-17(19-11-6-12-29-19)26-27(18)14-7-2-1-3-8-14/h1-13H,(H,25,28). The zero-order valence-corrected chi connectivity index (χ0v) is 15.7. The Labute approximate surface area is 168 Å². The average Bonchev–Trinajstić information content (AvgIpc) is 3.38. The topological polar surface area (TPSA) is 46.9 Å². The number of anilines is 1. The van der Waals surface area contributed by atoms with Crippen molar-refractivity contribution in [2.75, 3.05) is 5.32 Å². The van der Waals surface area contributed by atoms with Crippen molar-refractivity contribution < 1.29 is 18.0 Å². The van der Waals surface area contributed by atoms with Crippen LogP contribution >= 0.6 is 11.3 Å². The predicted molar refractivity (Wildman–Crippen MR) is 106 cm³/mol. The molecule has 0 unspecified atom stereocenters. The Hall–Kier alpha value is -3.39. The first-order chi connectivity index (χ1) is 13.9. The van der Waals surface area contributed by atoms with Crippen LogP contribution in [0.25, 0.3) is 16.3 Å². The SMILES string of the molecule is O=C(Nc1ccccc1C(F)(F)F)c1cc(-c2cccs2)nn1-c1ccccc1. The van der Waals surface area contributed by atoms with Gasteiger partial charge in [-0.3, -0.25) is 4.79 Å². The number of aromatic nitrogens is 2. The second-order valence-corrected chi connectivity index (χ2v) is 7.08. The van der Waals surface area contributed by atoms with Gasteiger partial charge in [0.05, 0.1) is 21.8 Å². The van der Waals surface area contributed by atoms with Gasteiger partial charge in [0.15, 0.2) is 0 Å². The van der Waals surface area contributed by atoms with Crippen LogP contribution in [-0.4, -0.2) is 15.7 Å².